The van der Waals surface area contributed by atoms with E-state index in [0.29, 0.717) is 0 Å². The van der Waals surface area contributed by atoms with Crippen molar-refractivity contribution in [3.05, 3.63) is 11.6 Å². The number of esters is 1. The first-order chi connectivity index (χ1) is 4.84. The van der Waals surface area contributed by atoms with Gasteiger partial charge in [0.1, 0.15) is 6.04 Å². The van der Waals surface area contributed by atoms with E-state index in [1.54, 1.807) is 18.0 Å². The molecule has 10 heavy (non-hydrogen) atoms. The van der Waals surface area contributed by atoms with Crippen LogP contribution in [0.1, 0.15) is 0 Å². The molecule has 1 N–H and O–H groups in total. The van der Waals surface area contributed by atoms with Gasteiger partial charge in [-0.05, 0) is 5.41 Å². The van der Waals surface area contributed by atoms with Gasteiger partial charge in [-0.3, -0.25) is 0 Å². The molecule has 0 aromatic carbocycles. The first kappa shape index (κ1) is 7.47. The second-order valence-corrected chi connectivity index (χ2v) is 2.82. The van der Waals surface area contributed by atoms with Crippen molar-refractivity contribution in [2.45, 2.75) is 6.04 Å². The molecule has 0 amide bonds. The van der Waals surface area contributed by atoms with Crippen LogP contribution in [0.2, 0.25) is 0 Å². The molecule has 0 saturated carbocycles. The number of carbonyl (C=O) groups excluding carboxylic acids is 1. The Morgan fingerprint density at radius 3 is 3.20 bits per heavy atom. The second-order valence-electron chi connectivity index (χ2n) is 1.88. The minimum atomic E-state index is -0.197. The van der Waals surface area contributed by atoms with Gasteiger partial charge < -0.3 is 10.1 Å². The lowest BCUT2D eigenvalue weighted by Gasteiger charge is -2.16. The molecule has 0 aliphatic carbocycles. The van der Waals surface area contributed by atoms with E-state index in [2.05, 4.69) is 10.1 Å². The van der Waals surface area contributed by atoms with E-state index < -0.39 is 0 Å². The topological polar surface area (TPSA) is 38.3 Å². The Morgan fingerprint density at radius 1 is 1.90 bits per heavy atom. The molecule has 1 aliphatic heterocycles. The molecule has 0 saturated heterocycles. The predicted molar refractivity (Wildman–Crippen MR) is 40.5 cm³/mol. The van der Waals surface area contributed by atoms with Crippen LogP contribution in [0.5, 0.6) is 0 Å². The Labute approximate surface area is 63.8 Å². The summed E-state index contributed by atoms with van der Waals surface area (Å²) in [5.74, 6) is 0.556. The molecular formula is C6H9NO2S. The van der Waals surface area contributed by atoms with Crippen LogP contribution in [0.15, 0.2) is 11.6 Å². The summed E-state index contributed by atoms with van der Waals surface area (Å²) in [7, 11) is 1.40. The molecule has 1 rings (SSSR count). The van der Waals surface area contributed by atoms with Crippen molar-refractivity contribution in [3.63, 3.8) is 0 Å². The quantitative estimate of drug-likeness (QED) is 0.560. The average Bonchev–Trinajstić information content (AvgIpc) is 2.05. The highest BCUT2D eigenvalue weighted by molar-refractivity contribution is 8.02. The van der Waals surface area contributed by atoms with Gasteiger partial charge in [-0.2, -0.15) is 0 Å². The normalized spacial score (nSPS) is 23.5. The van der Waals surface area contributed by atoms with Crippen molar-refractivity contribution in [1.29, 1.82) is 0 Å². The summed E-state index contributed by atoms with van der Waals surface area (Å²) in [5.41, 5.74) is 0. The standard InChI is InChI=1S/C6H9NO2S/c1-9-6(8)5-4-10-3-2-7-5/h2-3,5,7H,4H2,1H3. The Balaban J connectivity index is 2.41. The fourth-order valence-corrected chi connectivity index (χ4v) is 1.39. The van der Waals surface area contributed by atoms with Gasteiger partial charge in [0.2, 0.25) is 0 Å². The lowest BCUT2D eigenvalue weighted by molar-refractivity contribution is -0.142. The van der Waals surface area contributed by atoms with Gasteiger partial charge in [0, 0.05) is 12.0 Å². The van der Waals surface area contributed by atoms with Gasteiger partial charge in [-0.15, -0.1) is 11.8 Å². The van der Waals surface area contributed by atoms with Crippen molar-refractivity contribution >= 4 is 17.7 Å². The molecule has 0 aromatic rings. The minimum absolute atomic E-state index is 0.167. The van der Waals surface area contributed by atoms with Gasteiger partial charge >= 0.3 is 5.97 Å². The van der Waals surface area contributed by atoms with Gasteiger partial charge in [0.15, 0.2) is 0 Å². The number of nitrogens with one attached hydrogen (secondary N) is 1. The third kappa shape index (κ3) is 1.67. The lowest BCUT2D eigenvalue weighted by Crippen LogP contribution is -2.37. The van der Waals surface area contributed by atoms with Gasteiger partial charge in [0.25, 0.3) is 0 Å². The predicted octanol–water partition coefficient (Wildman–Crippen LogP) is 0.336. The number of carbonyl (C=O) groups is 1. The SMILES string of the molecule is COC(=O)C1CSC=CN1. The van der Waals surface area contributed by atoms with E-state index in [4.69, 9.17) is 0 Å². The lowest BCUT2D eigenvalue weighted by atomic mass is 10.3. The number of thioether (sulfide) groups is 1. The maximum atomic E-state index is 10.8. The largest absolute Gasteiger partial charge is 0.467 e. The zero-order valence-electron chi connectivity index (χ0n) is 5.66. The van der Waals surface area contributed by atoms with E-state index in [9.17, 15) is 4.79 Å². The molecule has 0 radical (unpaired) electrons. The van der Waals surface area contributed by atoms with E-state index in [0.717, 1.165) is 5.75 Å². The average molecular weight is 159 g/mol. The van der Waals surface area contributed by atoms with Crippen LogP contribution in [0.3, 0.4) is 0 Å². The molecule has 0 bridgehead atoms. The van der Waals surface area contributed by atoms with Crippen LogP contribution in [0, 0.1) is 0 Å². The number of rotatable bonds is 1. The van der Waals surface area contributed by atoms with E-state index in [1.165, 1.54) is 7.11 Å². The summed E-state index contributed by atoms with van der Waals surface area (Å²) in [5, 5.41) is 4.81. The van der Waals surface area contributed by atoms with Crippen molar-refractivity contribution in [2.24, 2.45) is 0 Å². The van der Waals surface area contributed by atoms with Crippen molar-refractivity contribution in [1.82, 2.24) is 5.32 Å². The molecule has 56 valence electrons. The smallest absolute Gasteiger partial charge is 0.329 e. The summed E-state index contributed by atoms with van der Waals surface area (Å²) in [6.45, 7) is 0. The van der Waals surface area contributed by atoms with Gasteiger partial charge in [-0.25, -0.2) is 4.79 Å². The van der Waals surface area contributed by atoms with Gasteiger partial charge in [-0.1, -0.05) is 0 Å². The Bertz CT molecular complexity index is 158. The monoisotopic (exact) mass is 159 g/mol. The van der Waals surface area contributed by atoms with Crippen molar-refractivity contribution in [2.75, 3.05) is 12.9 Å². The second kappa shape index (κ2) is 3.51. The minimum Gasteiger partial charge on any atom is -0.467 e. The van der Waals surface area contributed by atoms with Crippen LogP contribution >= 0.6 is 11.8 Å². The van der Waals surface area contributed by atoms with Crippen molar-refractivity contribution < 1.29 is 9.53 Å². The molecule has 1 heterocycles. The molecule has 0 aromatic heterocycles. The Hall–Kier alpha value is -0.640. The fourth-order valence-electron chi connectivity index (χ4n) is 0.682. The highest BCUT2D eigenvalue weighted by Gasteiger charge is 2.18. The molecule has 4 heteroatoms. The van der Waals surface area contributed by atoms with Crippen LogP contribution in [0.25, 0.3) is 0 Å². The van der Waals surface area contributed by atoms with E-state index >= 15 is 0 Å². The van der Waals surface area contributed by atoms with Crippen LogP contribution in [-0.4, -0.2) is 24.9 Å². The fraction of sp³-hybridized carbons (Fsp3) is 0.500. The summed E-state index contributed by atoms with van der Waals surface area (Å²) in [6.07, 6.45) is 1.76. The molecular weight excluding hydrogens is 150 g/mol. The van der Waals surface area contributed by atoms with E-state index in [1.807, 2.05) is 5.41 Å². The van der Waals surface area contributed by atoms with Crippen LogP contribution in [-0.2, 0) is 9.53 Å². The maximum Gasteiger partial charge on any atom is 0.329 e. The molecule has 3 nitrogen and oxygen atoms in total. The van der Waals surface area contributed by atoms with E-state index in [-0.39, 0.29) is 12.0 Å². The molecule has 0 fully saturated rings. The number of methoxy groups -OCH3 is 1. The van der Waals surface area contributed by atoms with Crippen LogP contribution in [0.4, 0.5) is 0 Å². The maximum absolute atomic E-state index is 10.8. The zero-order valence-corrected chi connectivity index (χ0v) is 6.48. The number of ether oxygens (including phenoxy) is 1. The summed E-state index contributed by atoms with van der Waals surface area (Å²) >= 11 is 1.60. The highest BCUT2D eigenvalue weighted by atomic mass is 32.2. The summed E-state index contributed by atoms with van der Waals surface area (Å²) in [4.78, 5) is 10.8. The number of hydrogen-bond donors (Lipinski definition) is 1. The van der Waals surface area contributed by atoms with Crippen molar-refractivity contribution in [3.8, 4) is 0 Å². The third-order valence-corrected chi connectivity index (χ3v) is 2.06. The first-order valence-corrected chi connectivity index (χ1v) is 4.00. The first-order valence-electron chi connectivity index (χ1n) is 2.95. The molecule has 1 aliphatic rings. The van der Waals surface area contributed by atoms with Crippen LogP contribution < -0.4 is 5.32 Å². The molecule has 1 unspecified atom stereocenters. The van der Waals surface area contributed by atoms with Gasteiger partial charge in [0.05, 0.1) is 7.11 Å². The number of hydrogen-bond acceptors (Lipinski definition) is 4. The highest BCUT2D eigenvalue weighted by Crippen LogP contribution is 2.09. The summed E-state index contributed by atoms with van der Waals surface area (Å²) in [6, 6.07) is -0.167. The zero-order chi connectivity index (χ0) is 7.40. The molecule has 0 spiro atoms. The molecule has 1 atom stereocenters. The summed E-state index contributed by atoms with van der Waals surface area (Å²) < 4.78 is 4.54. The Kier molecular flexibility index (Phi) is 2.62. The third-order valence-electron chi connectivity index (χ3n) is 1.21. The Morgan fingerprint density at radius 2 is 2.70 bits per heavy atom.